The third kappa shape index (κ3) is 5.35. The summed E-state index contributed by atoms with van der Waals surface area (Å²) in [6.45, 7) is 0. The van der Waals surface area contributed by atoms with Crippen molar-refractivity contribution < 1.29 is 13.0 Å². The summed E-state index contributed by atoms with van der Waals surface area (Å²) in [5.41, 5.74) is 0.331. The van der Waals surface area contributed by atoms with Gasteiger partial charge in [0.25, 0.3) is 0 Å². The Labute approximate surface area is 110 Å². The summed E-state index contributed by atoms with van der Waals surface area (Å²) >= 11 is -0.941. The van der Waals surface area contributed by atoms with Gasteiger partial charge in [0.2, 0.25) is 0 Å². The van der Waals surface area contributed by atoms with Gasteiger partial charge in [0.15, 0.2) is 21.2 Å². The lowest BCUT2D eigenvalue weighted by molar-refractivity contribution is 0.0697. The Balaban J connectivity index is 0.000000171. The molecule has 2 rings (SSSR count). The fraction of sp³-hybridized carbons (Fsp3) is 0. The van der Waals surface area contributed by atoms with Crippen LogP contribution < -0.4 is 0 Å². The Morgan fingerprint density at radius 3 is 1.65 bits per heavy atom. The quantitative estimate of drug-likeness (QED) is 0.849. The van der Waals surface area contributed by atoms with Gasteiger partial charge in [0.1, 0.15) is 0 Å². The normalized spacial score (nSPS) is 8.94. The smallest absolute Gasteiger partial charge is 0.335 e. The van der Waals surface area contributed by atoms with Gasteiger partial charge in [-0.25, -0.2) is 4.79 Å². The first-order valence-electron chi connectivity index (χ1n) is 4.84. The molecule has 0 amide bonds. The molecule has 2 aromatic carbocycles. The number of carboxylic acids is 1. The molecular formula is C13H11IO3. The van der Waals surface area contributed by atoms with Crippen LogP contribution in [0.25, 0.3) is 0 Å². The number of carbonyl (C=O) groups is 1. The monoisotopic (exact) mass is 342 g/mol. The fourth-order valence-electron chi connectivity index (χ4n) is 1.05. The molecule has 2 aromatic rings. The summed E-state index contributed by atoms with van der Waals surface area (Å²) in [6.07, 6.45) is 0. The average molecular weight is 342 g/mol. The Bertz CT molecular complexity index is 469. The lowest BCUT2D eigenvalue weighted by Gasteiger charge is -1.88. The van der Waals surface area contributed by atoms with Crippen LogP contribution in [0.15, 0.2) is 60.7 Å². The summed E-state index contributed by atoms with van der Waals surface area (Å²) in [7, 11) is 0. The van der Waals surface area contributed by atoms with Gasteiger partial charge < -0.3 is 5.11 Å². The second kappa shape index (κ2) is 7.67. The zero-order valence-electron chi connectivity index (χ0n) is 8.92. The third-order valence-electron chi connectivity index (χ3n) is 1.84. The minimum absolute atomic E-state index is 0.331. The molecular weight excluding hydrogens is 331 g/mol. The molecule has 0 aliphatic rings. The van der Waals surface area contributed by atoms with E-state index in [1.54, 1.807) is 30.3 Å². The lowest BCUT2D eigenvalue weighted by Crippen LogP contribution is -1.93. The van der Waals surface area contributed by atoms with Gasteiger partial charge in [-0.1, -0.05) is 36.4 Å². The van der Waals surface area contributed by atoms with E-state index in [-0.39, 0.29) is 0 Å². The lowest BCUT2D eigenvalue weighted by atomic mass is 10.2. The second-order valence-electron chi connectivity index (χ2n) is 3.04. The number of hydrogen-bond donors (Lipinski definition) is 1. The first-order chi connectivity index (χ1) is 8.24. The molecule has 0 aliphatic heterocycles. The number of halogens is 1. The number of carboxylic acid groups (broad SMARTS) is 1. The standard InChI is InChI=1S/C7H6O2.C6H5IO/c8-7(9)6-4-2-1-3-5-6;8-7-6-4-2-1-3-5-6/h1-5H,(H,8,9);1-5H. The highest BCUT2D eigenvalue weighted by Gasteiger charge is 1.96. The van der Waals surface area contributed by atoms with Crippen LogP contribution in [0.2, 0.25) is 0 Å². The van der Waals surface area contributed by atoms with Crippen molar-refractivity contribution in [2.45, 2.75) is 0 Å². The van der Waals surface area contributed by atoms with Crippen molar-refractivity contribution >= 4 is 27.2 Å². The fourth-order valence-corrected chi connectivity index (χ4v) is 1.76. The van der Waals surface area contributed by atoms with Crippen molar-refractivity contribution in [3.63, 3.8) is 0 Å². The van der Waals surface area contributed by atoms with Crippen LogP contribution in [-0.2, 0) is 3.07 Å². The zero-order chi connectivity index (χ0) is 12.5. The second-order valence-corrected chi connectivity index (χ2v) is 4.73. The molecule has 0 saturated heterocycles. The summed E-state index contributed by atoms with van der Waals surface area (Å²) in [5, 5.41) is 8.38. The number of rotatable bonds is 2. The van der Waals surface area contributed by atoms with E-state index >= 15 is 0 Å². The van der Waals surface area contributed by atoms with Gasteiger partial charge in [0, 0.05) is 3.57 Å². The molecule has 4 heteroatoms. The molecule has 0 heterocycles. The van der Waals surface area contributed by atoms with Crippen LogP contribution >= 0.6 is 21.2 Å². The van der Waals surface area contributed by atoms with Gasteiger partial charge >= 0.3 is 5.97 Å². The first kappa shape index (κ1) is 13.5. The molecule has 0 atom stereocenters. The van der Waals surface area contributed by atoms with E-state index in [1.807, 2.05) is 30.3 Å². The van der Waals surface area contributed by atoms with E-state index in [2.05, 4.69) is 0 Å². The van der Waals surface area contributed by atoms with Crippen molar-refractivity contribution in [3.05, 3.63) is 69.8 Å². The van der Waals surface area contributed by atoms with E-state index in [4.69, 9.17) is 5.11 Å². The van der Waals surface area contributed by atoms with E-state index in [0.717, 1.165) is 3.57 Å². The van der Waals surface area contributed by atoms with Crippen molar-refractivity contribution in [1.29, 1.82) is 0 Å². The third-order valence-corrected chi connectivity index (χ3v) is 3.07. The Hall–Kier alpha value is -1.56. The molecule has 1 N–H and O–H groups in total. The average Bonchev–Trinajstić information content (AvgIpc) is 2.41. The molecule has 0 bridgehead atoms. The molecule has 0 saturated carbocycles. The van der Waals surface area contributed by atoms with Crippen molar-refractivity contribution in [2.75, 3.05) is 0 Å². The molecule has 17 heavy (non-hydrogen) atoms. The Morgan fingerprint density at radius 1 is 0.882 bits per heavy atom. The molecule has 0 fully saturated rings. The topological polar surface area (TPSA) is 54.4 Å². The largest absolute Gasteiger partial charge is 0.478 e. The first-order valence-corrected chi connectivity index (χ1v) is 6.80. The van der Waals surface area contributed by atoms with E-state index in [9.17, 15) is 7.86 Å². The van der Waals surface area contributed by atoms with Crippen LogP contribution in [0.5, 0.6) is 0 Å². The highest BCUT2D eigenvalue weighted by Crippen LogP contribution is 2.06. The van der Waals surface area contributed by atoms with Crippen LogP contribution in [0, 0.1) is 3.57 Å². The molecule has 0 aromatic heterocycles. The Kier molecular flexibility index (Phi) is 6.09. The minimum Gasteiger partial charge on any atom is -0.478 e. The van der Waals surface area contributed by atoms with Crippen molar-refractivity contribution in [2.24, 2.45) is 0 Å². The predicted molar refractivity (Wildman–Crippen MR) is 73.2 cm³/mol. The molecule has 0 aliphatic carbocycles. The van der Waals surface area contributed by atoms with Crippen LogP contribution in [0.1, 0.15) is 10.4 Å². The van der Waals surface area contributed by atoms with Gasteiger partial charge in [-0.15, -0.1) is 0 Å². The van der Waals surface area contributed by atoms with Crippen LogP contribution in [0.4, 0.5) is 0 Å². The maximum atomic E-state index is 10.2. The maximum absolute atomic E-state index is 10.2. The van der Waals surface area contributed by atoms with Crippen molar-refractivity contribution in [3.8, 4) is 0 Å². The zero-order valence-corrected chi connectivity index (χ0v) is 11.1. The summed E-state index contributed by atoms with van der Waals surface area (Å²) < 4.78 is 11.2. The van der Waals surface area contributed by atoms with Crippen LogP contribution in [-0.4, -0.2) is 11.1 Å². The summed E-state index contributed by atoms with van der Waals surface area (Å²) in [6, 6.07) is 17.8. The molecule has 0 unspecified atom stereocenters. The number of benzene rings is 2. The number of hydrogen-bond acceptors (Lipinski definition) is 2. The summed E-state index contributed by atoms with van der Waals surface area (Å²) in [5.74, 6) is -0.879. The van der Waals surface area contributed by atoms with E-state index in [0.29, 0.717) is 5.56 Å². The highest BCUT2D eigenvalue weighted by molar-refractivity contribution is 14.1. The highest BCUT2D eigenvalue weighted by atomic mass is 127. The SMILES string of the molecule is O=C(O)c1ccccc1.O=Ic1ccccc1. The van der Waals surface area contributed by atoms with E-state index in [1.165, 1.54) is 0 Å². The number of aromatic carboxylic acids is 1. The maximum Gasteiger partial charge on any atom is 0.335 e. The van der Waals surface area contributed by atoms with Gasteiger partial charge in [0.05, 0.1) is 5.56 Å². The molecule has 3 nitrogen and oxygen atoms in total. The Morgan fingerprint density at radius 2 is 1.35 bits per heavy atom. The van der Waals surface area contributed by atoms with Crippen molar-refractivity contribution in [1.82, 2.24) is 0 Å². The molecule has 0 radical (unpaired) electrons. The van der Waals surface area contributed by atoms with Gasteiger partial charge in [-0.05, 0) is 24.3 Å². The summed E-state index contributed by atoms with van der Waals surface area (Å²) in [4.78, 5) is 10.2. The minimum atomic E-state index is -0.941. The molecule has 88 valence electrons. The van der Waals surface area contributed by atoms with Gasteiger partial charge in [-0.3, -0.25) is 3.07 Å². The van der Waals surface area contributed by atoms with Crippen LogP contribution in [0.3, 0.4) is 0 Å². The molecule has 0 spiro atoms. The van der Waals surface area contributed by atoms with Gasteiger partial charge in [-0.2, -0.15) is 0 Å². The van der Waals surface area contributed by atoms with E-state index < -0.39 is 27.2 Å². The predicted octanol–water partition coefficient (Wildman–Crippen LogP) is 3.56.